The molecule has 0 fully saturated rings. The van der Waals surface area contributed by atoms with Gasteiger partial charge in [0.05, 0.1) is 28.6 Å². The fraction of sp³-hybridized carbons (Fsp3) is 0.111. The zero-order valence-electron chi connectivity index (χ0n) is 16.6. The first-order valence-electron chi connectivity index (χ1n) is 8.93. The summed E-state index contributed by atoms with van der Waals surface area (Å²) in [6, 6.07) is 12.3. The molecular weight excluding hydrogens is 498 g/mol. The van der Waals surface area contributed by atoms with Gasteiger partial charge in [-0.05, 0) is 30.3 Å². The minimum atomic E-state index is -4.75. The van der Waals surface area contributed by atoms with Crippen LogP contribution in [0.15, 0.2) is 74.6 Å². The summed E-state index contributed by atoms with van der Waals surface area (Å²) in [6.45, 7) is -0.764. The highest BCUT2D eigenvalue weighted by atomic mass is 32.3. The maximum atomic E-state index is 12.2. The lowest BCUT2D eigenvalue weighted by Gasteiger charge is -2.09. The Morgan fingerprint density at radius 1 is 0.848 bits per heavy atom. The van der Waals surface area contributed by atoms with Gasteiger partial charge in [0.25, 0.3) is 10.1 Å². The van der Waals surface area contributed by atoms with E-state index in [1.165, 1.54) is 30.3 Å². The SMILES string of the molecule is Nc1c(N=Nc2ccc(S(=O)(=O)CCOS(=O)(=O)O)cc2)cc(S(=O)(=O)O)c2ccccc12. The number of azo groups is 1. The Balaban J connectivity index is 1.88. The molecule has 15 heteroatoms. The Kier molecular flexibility index (Phi) is 6.83. The van der Waals surface area contributed by atoms with Crippen LogP contribution >= 0.6 is 0 Å². The highest BCUT2D eigenvalue weighted by Crippen LogP contribution is 2.36. The van der Waals surface area contributed by atoms with E-state index >= 15 is 0 Å². The smallest absolute Gasteiger partial charge is 0.396 e. The molecule has 0 atom stereocenters. The zero-order chi connectivity index (χ0) is 24.4. The minimum absolute atomic E-state index is 0.0274. The van der Waals surface area contributed by atoms with Gasteiger partial charge in [-0.2, -0.15) is 21.9 Å². The Labute approximate surface area is 189 Å². The van der Waals surface area contributed by atoms with Crippen LogP contribution in [-0.4, -0.2) is 46.7 Å². The van der Waals surface area contributed by atoms with E-state index in [1.807, 2.05) is 0 Å². The molecule has 0 saturated carbocycles. The number of rotatable bonds is 8. The van der Waals surface area contributed by atoms with E-state index in [4.69, 9.17) is 10.3 Å². The van der Waals surface area contributed by atoms with Crippen molar-refractivity contribution in [1.29, 1.82) is 0 Å². The number of nitrogens with two attached hydrogens (primary N) is 1. The highest BCUT2D eigenvalue weighted by Gasteiger charge is 2.19. The van der Waals surface area contributed by atoms with Gasteiger partial charge in [0.1, 0.15) is 10.6 Å². The quantitative estimate of drug-likeness (QED) is 0.227. The number of fused-ring (bicyclic) bond motifs is 1. The fourth-order valence-corrected chi connectivity index (χ4v) is 5.05. The van der Waals surface area contributed by atoms with Crippen LogP contribution in [-0.2, 0) is 34.5 Å². The second-order valence-corrected chi connectivity index (χ2v) is 11.2. The third kappa shape index (κ3) is 6.10. The summed E-state index contributed by atoms with van der Waals surface area (Å²) in [6.07, 6.45) is 0. The van der Waals surface area contributed by atoms with E-state index in [-0.39, 0.29) is 27.3 Å². The molecule has 0 unspecified atom stereocenters. The number of hydrogen-bond donors (Lipinski definition) is 3. The molecule has 0 radical (unpaired) electrons. The first-order chi connectivity index (χ1) is 15.3. The summed E-state index contributed by atoms with van der Waals surface area (Å²) < 4.78 is 91.0. The van der Waals surface area contributed by atoms with Crippen molar-refractivity contribution in [2.75, 3.05) is 18.1 Å². The highest BCUT2D eigenvalue weighted by molar-refractivity contribution is 7.91. The van der Waals surface area contributed by atoms with E-state index in [9.17, 15) is 29.8 Å². The van der Waals surface area contributed by atoms with Crippen molar-refractivity contribution < 1.29 is 38.5 Å². The predicted molar refractivity (Wildman–Crippen MR) is 118 cm³/mol. The van der Waals surface area contributed by atoms with Crippen LogP contribution < -0.4 is 5.73 Å². The van der Waals surface area contributed by atoms with Crippen molar-refractivity contribution in [3.63, 3.8) is 0 Å². The van der Waals surface area contributed by atoms with Crippen molar-refractivity contribution in [2.45, 2.75) is 9.79 Å². The first kappa shape index (κ1) is 24.7. The van der Waals surface area contributed by atoms with Gasteiger partial charge >= 0.3 is 10.4 Å². The maximum Gasteiger partial charge on any atom is 0.397 e. The molecule has 176 valence electrons. The standard InChI is InChI=1S/C18H17N3O9S3/c19-18-15-4-2-1-3-14(15)17(32(24,25)26)11-16(18)21-20-12-5-7-13(8-6-12)31(22,23)10-9-30-33(27,28)29/h1-8,11H,9-10,19H2,(H,24,25,26)(H,27,28,29). The van der Waals surface area contributed by atoms with Crippen molar-refractivity contribution in [1.82, 2.24) is 0 Å². The molecule has 0 heterocycles. The number of nitrogen functional groups attached to an aromatic ring is 1. The Morgan fingerprint density at radius 3 is 2.03 bits per heavy atom. The molecule has 0 aliphatic rings. The first-order valence-corrected chi connectivity index (χ1v) is 13.4. The lowest BCUT2D eigenvalue weighted by Crippen LogP contribution is -2.15. The summed E-state index contributed by atoms with van der Waals surface area (Å²) in [4.78, 5) is -0.547. The number of nitrogens with zero attached hydrogens (tertiary/aromatic N) is 2. The van der Waals surface area contributed by atoms with E-state index < -0.39 is 47.6 Å². The van der Waals surface area contributed by atoms with Crippen molar-refractivity contribution >= 4 is 58.2 Å². The third-order valence-corrected chi connectivity index (χ3v) is 7.41. The molecule has 3 rings (SSSR count). The predicted octanol–water partition coefficient (Wildman–Crippen LogP) is 2.68. The van der Waals surface area contributed by atoms with Crippen LogP contribution in [0.4, 0.5) is 17.1 Å². The molecule has 0 saturated heterocycles. The summed E-state index contributed by atoms with van der Waals surface area (Å²) >= 11 is 0. The fourth-order valence-electron chi connectivity index (χ4n) is 2.85. The van der Waals surface area contributed by atoms with Gasteiger partial charge in [-0.1, -0.05) is 24.3 Å². The van der Waals surface area contributed by atoms with Gasteiger partial charge in [-0.3, -0.25) is 9.11 Å². The Bertz CT molecular complexity index is 1550. The second-order valence-electron chi connectivity index (χ2n) is 6.59. The molecule has 0 aliphatic heterocycles. The lowest BCUT2D eigenvalue weighted by molar-refractivity contribution is 0.284. The molecular formula is C18H17N3O9S3. The molecule has 0 aromatic heterocycles. The van der Waals surface area contributed by atoms with E-state index in [0.29, 0.717) is 5.39 Å². The molecule has 3 aromatic rings. The van der Waals surface area contributed by atoms with Gasteiger partial charge < -0.3 is 5.73 Å². The number of benzene rings is 3. The van der Waals surface area contributed by atoms with Crippen molar-refractivity contribution in [2.24, 2.45) is 10.2 Å². The molecule has 3 aromatic carbocycles. The summed E-state index contributed by atoms with van der Waals surface area (Å²) in [5.41, 5.74) is 6.37. The second kappa shape index (κ2) is 9.12. The van der Waals surface area contributed by atoms with Crippen LogP contribution in [0, 0.1) is 0 Å². The van der Waals surface area contributed by atoms with Gasteiger partial charge in [0.15, 0.2) is 9.84 Å². The molecule has 0 bridgehead atoms. The maximum absolute atomic E-state index is 12.2. The molecule has 0 aliphatic carbocycles. The van der Waals surface area contributed by atoms with Gasteiger partial charge in [0.2, 0.25) is 0 Å². The van der Waals surface area contributed by atoms with Gasteiger partial charge in [-0.15, -0.1) is 5.11 Å². The van der Waals surface area contributed by atoms with E-state index in [0.717, 1.165) is 6.07 Å². The minimum Gasteiger partial charge on any atom is -0.396 e. The van der Waals surface area contributed by atoms with Crippen LogP contribution in [0.3, 0.4) is 0 Å². The number of sulfone groups is 1. The largest absolute Gasteiger partial charge is 0.397 e. The summed E-state index contributed by atoms with van der Waals surface area (Å²) in [5.74, 6) is -0.695. The summed E-state index contributed by atoms with van der Waals surface area (Å²) in [5, 5.41) is 8.41. The topological polar surface area (TPSA) is 203 Å². The number of hydrogen-bond acceptors (Lipinski definition) is 10. The van der Waals surface area contributed by atoms with E-state index in [1.54, 1.807) is 18.2 Å². The molecule has 0 amide bonds. The van der Waals surface area contributed by atoms with E-state index in [2.05, 4.69) is 14.4 Å². The summed E-state index contributed by atoms with van der Waals surface area (Å²) in [7, 11) is -13.2. The average Bonchev–Trinajstić information content (AvgIpc) is 2.72. The monoisotopic (exact) mass is 515 g/mol. The van der Waals surface area contributed by atoms with Gasteiger partial charge in [0, 0.05) is 10.8 Å². The van der Waals surface area contributed by atoms with Crippen molar-refractivity contribution in [3.05, 3.63) is 54.6 Å². The van der Waals surface area contributed by atoms with Gasteiger partial charge in [-0.25, -0.2) is 12.6 Å². The van der Waals surface area contributed by atoms with Crippen molar-refractivity contribution in [3.8, 4) is 0 Å². The normalized spacial score (nSPS) is 13.0. The molecule has 0 spiro atoms. The molecule has 4 N–H and O–H groups in total. The Hall–Kier alpha value is -2.95. The van der Waals surface area contributed by atoms with Crippen LogP contribution in [0.25, 0.3) is 10.8 Å². The lowest BCUT2D eigenvalue weighted by atomic mass is 10.1. The number of anilines is 1. The molecule has 12 nitrogen and oxygen atoms in total. The van der Waals surface area contributed by atoms with Crippen LogP contribution in [0.2, 0.25) is 0 Å². The molecule has 33 heavy (non-hydrogen) atoms. The zero-order valence-corrected chi connectivity index (χ0v) is 19.0. The third-order valence-electron chi connectivity index (χ3n) is 4.36. The van der Waals surface area contributed by atoms with Crippen LogP contribution in [0.5, 0.6) is 0 Å². The van der Waals surface area contributed by atoms with Crippen LogP contribution in [0.1, 0.15) is 0 Å². The average molecular weight is 516 g/mol. The Morgan fingerprint density at radius 2 is 1.45 bits per heavy atom.